The predicted molar refractivity (Wildman–Crippen MR) is 51.3 cm³/mol. The predicted octanol–water partition coefficient (Wildman–Crippen LogP) is 1.09. The third-order valence-electron chi connectivity index (χ3n) is 2.20. The normalized spacial score (nSPS) is 15.1. The van der Waals surface area contributed by atoms with E-state index in [-0.39, 0.29) is 24.3 Å². The number of hydrogen-bond acceptors (Lipinski definition) is 3. The van der Waals surface area contributed by atoms with Crippen LogP contribution in [-0.2, 0) is 5.54 Å². The molecular weight excluding hydrogens is 185 g/mol. The molecule has 0 fully saturated rings. The van der Waals surface area contributed by atoms with Gasteiger partial charge in [-0.25, -0.2) is 4.39 Å². The molecule has 0 bridgehead atoms. The van der Waals surface area contributed by atoms with Crippen molar-refractivity contribution in [2.45, 2.75) is 18.9 Å². The lowest BCUT2D eigenvalue weighted by molar-refractivity contribution is 0.244. The standard InChI is InChI=1S/C10H14FNO2/c1-10(12,4-5-13)8-6-7(14)2-3-9(8)11/h2-3,6,13-14H,4-5,12H2,1H3/t10-/m1/s1. The zero-order chi connectivity index (χ0) is 10.8. The Hall–Kier alpha value is -1.13. The molecule has 0 spiro atoms. The Kier molecular flexibility index (Phi) is 3.08. The van der Waals surface area contributed by atoms with Crippen molar-refractivity contribution in [3.05, 3.63) is 29.6 Å². The minimum absolute atomic E-state index is 0.0315. The van der Waals surface area contributed by atoms with Crippen LogP contribution in [0.15, 0.2) is 18.2 Å². The number of aliphatic hydroxyl groups is 1. The van der Waals surface area contributed by atoms with Crippen LogP contribution >= 0.6 is 0 Å². The fourth-order valence-electron chi connectivity index (χ4n) is 1.32. The highest BCUT2D eigenvalue weighted by atomic mass is 19.1. The number of phenolic OH excluding ortho intramolecular Hbond substituents is 1. The average molecular weight is 199 g/mol. The summed E-state index contributed by atoms with van der Waals surface area (Å²) in [5, 5.41) is 17.9. The fraction of sp³-hybridized carbons (Fsp3) is 0.400. The first-order valence-corrected chi connectivity index (χ1v) is 4.36. The van der Waals surface area contributed by atoms with Crippen molar-refractivity contribution in [3.63, 3.8) is 0 Å². The highest BCUT2D eigenvalue weighted by Crippen LogP contribution is 2.27. The second-order valence-corrected chi connectivity index (χ2v) is 3.56. The number of aliphatic hydroxyl groups excluding tert-OH is 1. The van der Waals surface area contributed by atoms with E-state index in [4.69, 9.17) is 10.8 Å². The van der Waals surface area contributed by atoms with Gasteiger partial charge in [0.15, 0.2) is 0 Å². The number of halogens is 1. The van der Waals surface area contributed by atoms with Crippen LogP contribution in [0.4, 0.5) is 4.39 Å². The van der Waals surface area contributed by atoms with Gasteiger partial charge >= 0.3 is 0 Å². The van der Waals surface area contributed by atoms with Crippen LogP contribution in [0.2, 0.25) is 0 Å². The number of hydrogen-bond donors (Lipinski definition) is 3. The van der Waals surface area contributed by atoms with Gasteiger partial charge in [-0.05, 0) is 31.5 Å². The zero-order valence-corrected chi connectivity index (χ0v) is 8.00. The third-order valence-corrected chi connectivity index (χ3v) is 2.20. The van der Waals surface area contributed by atoms with Crippen molar-refractivity contribution in [2.24, 2.45) is 5.73 Å². The van der Waals surface area contributed by atoms with Crippen molar-refractivity contribution in [2.75, 3.05) is 6.61 Å². The van der Waals surface area contributed by atoms with Crippen LogP contribution in [0.3, 0.4) is 0 Å². The van der Waals surface area contributed by atoms with Gasteiger partial charge in [0.25, 0.3) is 0 Å². The summed E-state index contributed by atoms with van der Waals surface area (Å²) >= 11 is 0. The van der Waals surface area contributed by atoms with Crippen molar-refractivity contribution in [1.29, 1.82) is 0 Å². The molecule has 4 N–H and O–H groups in total. The van der Waals surface area contributed by atoms with E-state index in [2.05, 4.69) is 0 Å². The van der Waals surface area contributed by atoms with E-state index in [9.17, 15) is 9.50 Å². The molecule has 1 aromatic carbocycles. The Labute approximate surface area is 82.0 Å². The second kappa shape index (κ2) is 3.94. The van der Waals surface area contributed by atoms with Crippen molar-refractivity contribution < 1.29 is 14.6 Å². The maximum atomic E-state index is 13.3. The molecule has 1 aromatic rings. The largest absolute Gasteiger partial charge is 0.508 e. The second-order valence-electron chi connectivity index (χ2n) is 3.56. The lowest BCUT2D eigenvalue weighted by Crippen LogP contribution is -2.35. The molecule has 0 aliphatic rings. The molecule has 0 saturated carbocycles. The molecule has 0 aliphatic heterocycles. The van der Waals surface area contributed by atoms with Crippen LogP contribution in [0.25, 0.3) is 0 Å². The van der Waals surface area contributed by atoms with E-state index < -0.39 is 11.4 Å². The lowest BCUT2D eigenvalue weighted by atomic mass is 9.89. The molecule has 0 heterocycles. The van der Waals surface area contributed by atoms with E-state index in [0.29, 0.717) is 0 Å². The minimum atomic E-state index is -0.961. The summed E-state index contributed by atoms with van der Waals surface area (Å²) in [6.45, 7) is 1.49. The summed E-state index contributed by atoms with van der Waals surface area (Å²) in [7, 11) is 0. The Bertz CT molecular complexity index is 326. The minimum Gasteiger partial charge on any atom is -0.508 e. The number of benzene rings is 1. The van der Waals surface area contributed by atoms with Gasteiger partial charge in [0, 0.05) is 17.7 Å². The summed E-state index contributed by atoms with van der Waals surface area (Å²) in [4.78, 5) is 0. The molecular formula is C10H14FNO2. The third kappa shape index (κ3) is 2.21. The van der Waals surface area contributed by atoms with Gasteiger partial charge in [-0.1, -0.05) is 0 Å². The molecule has 0 unspecified atom stereocenters. The molecule has 0 saturated heterocycles. The molecule has 1 rings (SSSR count). The molecule has 14 heavy (non-hydrogen) atoms. The van der Waals surface area contributed by atoms with Gasteiger partial charge in [-0.2, -0.15) is 0 Å². The smallest absolute Gasteiger partial charge is 0.128 e. The maximum absolute atomic E-state index is 13.3. The first kappa shape index (κ1) is 10.9. The van der Waals surface area contributed by atoms with Gasteiger partial charge in [-0.3, -0.25) is 0 Å². The number of aromatic hydroxyl groups is 1. The molecule has 0 aromatic heterocycles. The molecule has 4 heteroatoms. The first-order chi connectivity index (χ1) is 6.47. The number of phenols is 1. The Morgan fingerprint density at radius 1 is 1.50 bits per heavy atom. The van der Waals surface area contributed by atoms with Gasteiger partial charge in [0.1, 0.15) is 11.6 Å². The Balaban J connectivity index is 3.10. The van der Waals surface area contributed by atoms with Crippen LogP contribution in [0, 0.1) is 5.82 Å². The zero-order valence-electron chi connectivity index (χ0n) is 8.00. The van der Waals surface area contributed by atoms with Crippen molar-refractivity contribution in [3.8, 4) is 5.75 Å². The highest BCUT2D eigenvalue weighted by molar-refractivity contribution is 5.33. The first-order valence-electron chi connectivity index (χ1n) is 4.36. The molecule has 0 amide bonds. The fourth-order valence-corrected chi connectivity index (χ4v) is 1.32. The van der Waals surface area contributed by atoms with Gasteiger partial charge < -0.3 is 15.9 Å². The summed E-state index contributed by atoms with van der Waals surface area (Å²) < 4.78 is 13.3. The Morgan fingerprint density at radius 3 is 2.71 bits per heavy atom. The SMILES string of the molecule is C[C@@](N)(CCO)c1cc(O)ccc1F. The van der Waals surface area contributed by atoms with E-state index in [0.717, 1.165) is 6.07 Å². The van der Waals surface area contributed by atoms with E-state index in [1.54, 1.807) is 6.92 Å². The molecule has 0 aliphatic carbocycles. The molecule has 1 atom stereocenters. The van der Waals surface area contributed by atoms with Gasteiger partial charge in [0.2, 0.25) is 0 Å². The van der Waals surface area contributed by atoms with E-state index in [1.165, 1.54) is 12.1 Å². The van der Waals surface area contributed by atoms with Crippen LogP contribution < -0.4 is 5.73 Å². The average Bonchev–Trinajstić information content (AvgIpc) is 2.09. The summed E-state index contributed by atoms with van der Waals surface area (Å²) in [6, 6.07) is 3.70. The summed E-state index contributed by atoms with van der Waals surface area (Å²) in [5.74, 6) is -0.503. The summed E-state index contributed by atoms with van der Waals surface area (Å²) in [5.41, 5.74) is 5.06. The highest BCUT2D eigenvalue weighted by Gasteiger charge is 2.24. The van der Waals surface area contributed by atoms with Crippen LogP contribution in [-0.4, -0.2) is 16.8 Å². The van der Waals surface area contributed by atoms with Gasteiger partial charge in [-0.15, -0.1) is 0 Å². The molecule has 78 valence electrons. The van der Waals surface area contributed by atoms with Gasteiger partial charge in [0.05, 0.1) is 0 Å². The molecule has 3 nitrogen and oxygen atoms in total. The monoisotopic (exact) mass is 199 g/mol. The van der Waals surface area contributed by atoms with Crippen molar-refractivity contribution >= 4 is 0 Å². The maximum Gasteiger partial charge on any atom is 0.128 e. The quantitative estimate of drug-likeness (QED) is 0.682. The topological polar surface area (TPSA) is 66.5 Å². The summed E-state index contributed by atoms with van der Waals surface area (Å²) in [6.07, 6.45) is 0.243. The van der Waals surface area contributed by atoms with E-state index >= 15 is 0 Å². The number of nitrogens with two attached hydrogens (primary N) is 1. The lowest BCUT2D eigenvalue weighted by Gasteiger charge is -2.24. The molecule has 0 radical (unpaired) electrons. The van der Waals surface area contributed by atoms with E-state index in [1.807, 2.05) is 0 Å². The van der Waals surface area contributed by atoms with Crippen molar-refractivity contribution in [1.82, 2.24) is 0 Å². The van der Waals surface area contributed by atoms with Crippen LogP contribution in [0.5, 0.6) is 5.75 Å². The Morgan fingerprint density at radius 2 is 2.14 bits per heavy atom. The van der Waals surface area contributed by atoms with Crippen LogP contribution in [0.1, 0.15) is 18.9 Å². The number of rotatable bonds is 3.